The standard InChI is InChI=1S/C19H28N4O2/c1-3-4-5-15(20)10-17(21)19(24)23-16-8-6-14(7-9-16)18-12-22-11-13(2)25-18/h6-10,13,18,20,22H,3-5,11-12,21H2,1-2H3,(H,23,24)/b17-10-,20-15?/t13-,18-/m1/s1. The summed E-state index contributed by atoms with van der Waals surface area (Å²) in [6, 6.07) is 7.57. The van der Waals surface area contributed by atoms with Crippen molar-refractivity contribution in [1.82, 2.24) is 5.32 Å². The maximum absolute atomic E-state index is 12.1. The van der Waals surface area contributed by atoms with Crippen molar-refractivity contribution < 1.29 is 9.53 Å². The van der Waals surface area contributed by atoms with Crippen molar-refractivity contribution in [3.8, 4) is 0 Å². The van der Waals surface area contributed by atoms with Crippen molar-refractivity contribution in [3.63, 3.8) is 0 Å². The SMILES string of the molecule is CCCCC(=N)/C=C(\N)C(=O)Nc1ccc([C@H]2CNC[C@@H](C)O2)cc1. The number of hydrogen-bond acceptors (Lipinski definition) is 5. The minimum Gasteiger partial charge on any atom is -0.394 e. The van der Waals surface area contributed by atoms with E-state index in [9.17, 15) is 4.79 Å². The number of carbonyl (C=O) groups is 1. The van der Waals surface area contributed by atoms with E-state index in [1.54, 1.807) is 0 Å². The largest absolute Gasteiger partial charge is 0.394 e. The molecule has 2 atom stereocenters. The Labute approximate surface area is 149 Å². The smallest absolute Gasteiger partial charge is 0.271 e. The fraction of sp³-hybridized carbons (Fsp3) is 0.474. The Morgan fingerprint density at radius 1 is 1.40 bits per heavy atom. The molecule has 6 nitrogen and oxygen atoms in total. The summed E-state index contributed by atoms with van der Waals surface area (Å²) >= 11 is 0. The summed E-state index contributed by atoms with van der Waals surface area (Å²) in [4.78, 5) is 12.1. The molecule has 6 heteroatoms. The Morgan fingerprint density at radius 2 is 2.12 bits per heavy atom. The zero-order valence-corrected chi connectivity index (χ0v) is 15.0. The zero-order chi connectivity index (χ0) is 18.2. The third-order valence-electron chi connectivity index (χ3n) is 4.09. The van der Waals surface area contributed by atoms with Gasteiger partial charge >= 0.3 is 0 Å². The van der Waals surface area contributed by atoms with E-state index in [1.807, 2.05) is 31.2 Å². The second-order valence-electron chi connectivity index (χ2n) is 6.40. The van der Waals surface area contributed by atoms with Gasteiger partial charge in [0.05, 0.1) is 17.9 Å². The van der Waals surface area contributed by atoms with E-state index in [0.717, 1.165) is 31.5 Å². The van der Waals surface area contributed by atoms with Crippen molar-refractivity contribution in [2.45, 2.75) is 45.3 Å². The number of ether oxygens (including phenoxy) is 1. The van der Waals surface area contributed by atoms with Gasteiger partial charge in [-0.15, -0.1) is 0 Å². The number of anilines is 1. The predicted octanol–water partition coefficient (Wildman–Crippen LogP) is 2.73. The van der Waals surface area contributed by atoms with Gasteiger partial charge in [-0.3, -0.25) is 4.79 Å². The van der Waals surface area contributed by atoms with E-state index in [2.05, 4.69) is 17.6 Å². The molecule has 1 aromatic rings. The molecule has 5 N–H and O–H groups in total. The van der Waals surface area contributed by atoms with Gasteiger partial charge in [0.2, 0.25) is 0 Å². The molecule has 1 heterocycles. The highest BCUT2D eigenvalue weighted by atomic mass is 16.5. The van der Waals surface area contributed by atoms with Crippen LogP contribution in [0.3, 0.4) is 0 Å². The molecule has 1 amide bonds. The third kappa shape index (κ3) is 5.99. The number of hydrogen-bond donors (Lipinski definition) is 4. The molecule has 1 aliphatic heterocycles. The Morgan fingerprint density at radius 3 is 2.76 bits per heavy atom. The van der Waals surface area contributed by atoms with Gasteiger partial charge in [-0.1, -0.05) is 25.5 Å². The Hall–Kier alpha value is -2.18. The van der Waals surface area contributed by atoms with Gasteiger partial charge in [0, 0.05) is 24.5 Å². The minimum atomic E-state index is -0.391. The molecular weight excluding hydrogens is 316 g/mol. The topological polar surface area (TPSA) is 100 Å². The van der Waals surface area contributed by atoms with Gasteiger partial charge < -0.3 is 26.5 Å². The molecular formula is C19H28N4O2. The van der Waals surface area contributed by atoms with Crippen molar-refractivity contribution >= 4 is 17.3 Å². The fourth-order valence-electron chi connectivity index (χ4n) is 2.67. The number of allylic oxidation sites excluding steroid dienone is 1. The molecule has 0 spiro atoms. The van der Waals surface area contributed by atoms with Crippen LogP contribution in [0.15, 0.2) is 36.0 Å². The number of rotatable bonds is 7. The van der Waals surface area contributed by atoms with Crippen LogP contribution in [0.4, 0.5) is 5.69 Å². The van der Waals surface area contributed by atoms with E-state index >= 15 is 0 Å². The monoisotopic (exact) mass is 344 g/mol. The van der Waals surface area contributed by atoms with Gasteiger partial charge in [0.15, 0.2) is 0 Å². The van der Waals surface area contributed by atoms with Crippen LogP contribution in [0.25, 0.3) is 0 Å². The van der Waals surface area contributed by atoms with Gasteiger partial charge in [0.1, 0.15) is 0 Å². The van der Waals surface area contributed by atoms with Crippen molar-refractivity contribution in [2.24, 2.45) is 5.73 Å². The van der Waals surface area contributed by atoms with E-state index in [4.69, 9.17) is 15.9 Å². The fourth-order valence-corrected chi connectivity index (χ4v) is 2.67. The number of unbranched alkanes of at least 4 members (excludes halogenated alkanes) is 1. The Kier molecular flexibility index (Phi) is 7.16. The van der Waals surface area contributed by atoms with Crippen LogP contribution < -0.4 is 16.4 Å². The molecule has 1 fully saturated rings. The summed E-state index contributed by atoms with van der Waals surface area (Å²) in [7, 11) is 0. The maximum atomic E-state index is 12.1. The van der Waals surface area contributed by atoms with E-state index in [0.29, 0.717) is 17.8 Å². The molecule has 0 aromatic heterocycles. The lowest BCUT2D eigenvalue weighted by Gasteiger charge is -2.29. The predicted molar refractivity (Wildman–Crippen MR) is 101 cm³/mol. The molecule has 0 unspecified atom stereocenters. The van der Waals surface area contributed by atoms with Crippen LogP contribution >= 0.6 is 0 Å². The summed E-state index contributed by atoms with van der Waals surface area (Å²) in [5.41, 5.74) is 7.95. The lowest BCUT2D eigenvalue weighted by molar-refractivity contribution is -0.112. The second kappa shape index (κ2) is 9.34. The van der Waals surface area contributed by atoms with E-state index in [1.165, 1.54) is 6.08 Å². The highest BCUT2D eigenvalue weighted by Crippen LogP contribution is 2.22. The van der Waals surface area contributed by atoms with Crippen LogP contribution in [0.5, 0.6) is 0 Å². The average molecular weight is 344 g/mol. The lowest BCUT2D eigenvalue weighted by Crippen LogP contribution is -2.38. The van der Waals surface area contributed by atoms with Crippen molar-refractivity contribution in [2.75, 3.05) is 18.4 Å². The number of benzene rings is 1. The number of morpholine rings is 1. The highest BCUT2D eigenvalue weighted by molar-refractivity contribution is 6.07. The molecule has 0 radical (unpaired) electrons. The molecule has 0 saturated carbocycles. The third-order valence-corrected chi connectivity index (χ3v) is 4.09. The second-order valence-corrected chi connectivity index (χ2v) is 6.40. The summed E-state index contributed by atoms with van der Waals surface area (Å²) in [6.45, 7) is 5.75. The van der Waals surface area contributed by atoms with Gasteiger partial charge in [-0.05, 0) is 43.5 Å². The van der Waals surface area contributed by atoms with Crippen molar-refractivity contribution in [1.29, 1.82) is 5.41 Å². The summed E-state index contributed by atoms with van der Waals surface area (Å²) in [5.74, 6) is -0.391. The highest BCUT2D eigenvalue weighted by Gasteiger charge is 2.20. The number of carbonyl (C=O) groups excluding carboxylic acids is 1. The first-order valence-corrected chi connectivity index (χ1v) is 8.81. The quantitative estimate of drug-likeness (QED) is 0.451. The number of nitrogens with two attached hydrogens (primary N) is 1. The van der Waals surface area contributed by atoms with E-state index < -0.39 is 5.91 Å². The molecule has 2 rings (SSSR count). The first-order chi connectivity index (χ1) is 12.0. The van der Waals surface area contributed by atoms with Gasteiger partial charge in [-0.25, -0.2) is 0 Å². The normalized spacial score (nSPS) is 21.0. The summed E-state index contributed by atoms with van der Waals surface area (Å²) in [6.07, 6.45) is 4.20. The van der Waals surface area contributed by atoms with Crippen LogP contribution in [0.2, 0.25) is 0 Å². The minimum absolute atomic E-state index is 0.0255. The molecule has 0 aliphatic carbocycles. The molecule has 25 heavy (non-hydrogen) atoms. The van der Waals surface area contributed by atoms with Crippen LogP contribution in [0, 0.1) is 5.41 Å². The Bertz CT molecular complexity index is 625. The van der Waals surface area contributed by atoms with Gasteiger partial charge in [-0.2, -0.15) is 0 Å². The number of amides is 1. The molecule has 0 bridgehead atoms. The van der Waals surface area contributed by atoms with Crippen LogP contribution in [-0.4, -0.2) is 30.8 Å². The molecule has 1 aliphatic rings. The van der Waals surface area contributed by atoms with Crippen LogP contribution in [-0.2, 0) is 9.53 Å². The zero-order valence-electron chi connectivity index (χ0n) is 15.0. The first-order valence-electron chi connectivity index (χ1n) is 8.81. The molecule has 136 valence electrons. The van der Waals surface area contributed by atoms with Gasteiger partial charge in [0.25, 0.3) is 5.91 Å². The molecule has 1 saturated heterocycles. The lowest BCUT2D eigenvalue weighted by atomic mass is 10.1. The van der Waals surface area contributed by atoms with E-state index in [-0.39, 0.29) is 17.9 Å². The van der Waals surface area contributed by atoms with Crippen LogP contribution in [0.1, 0.15) is 44.8 Å². The average Bonchev–Trinajstić information content (AvgIpc) is 2.60. The first kappa shape index (κ1) is 19.1. The summed E-state index contributed by atoms with van der Waals surface area (Å²) in [5, 5.41) is 13.9. The Balaban J connectivity index is 1.92. The summed E-state index contributed by atoms with van der Waals surface area (Å²) < 4.78 is 5.90. The molecule has 1 aromatic carbocycles. The maximum Gasteiger partial charge on any atom is 0.271 e. The van der Waals surface area contributed by atoms with Crippen molar-refractivity contribution in [3.05, 3.63) is 41.6 Å². The number of nitrogens with one attached hydrogen (secondary N) is 3.